The lowest BCUT2D eigenvalue weighted by molar-refractivity contribution is 0.122. The predicted molar refractivity (Wildman–Crippen MR) is 84.0 cm³/mol. The Morgan fingerprint density at radius 2 is 2.10 bits per heavy atom. The number of aliphatic hydroxyl groups excluding tert-OH is 1. The molecule has 2 aliphatic rings. The van der Waals surface area contributed by atoms with Gasteiger partial charge in [0.15, 0.2) is 0 Å². The first-order valence-electron chi connectivity index (χ1n) is 8.25. The second kappa shape index (κ2) is 6.73. The molecular weight excluding hydrogens is 250 g/mol. The number of nitrogens with one attached hydrogen (secondary N) is 1. The summed E-state index contributed by atoms with van der Waals surface area (Å²) in [6, 6.07) is 1.81. The van der Waals surface area contributed by atoms with Crippen molar-refractivity contribution in [1.29, 1.82) is 0 Å². The number of rotatable bonds is 6. The molecule has 0 bridgehead atoms. The molecule has 1 aliphatic carbocycles. The summed E-state index contributed by atoms with van der Waals surface area (Å²) in [6.45, 7) is 7.03. The fourth-order valence-corrected chi connectivity index (χ4v) is 4.27. The summed E-state index contributed by atoms with van der Waals surface area (Å²) < 4.78 is 0. The number of likely N-dealkylation sites (N-methyl/N-ethyl adjacent to an activating group) is 1. The number of hydrogen-bond acceptors (Lipinski definition) is 4. The first-order chi connectivity index (χ1) is 9.46. The van der Waals surface area contributed by atoms with Crippen molar-refractivity contribution >= 4 is 0 Å². The Labute approximate surface area is 124 Å². The minimum Gasteiger partial charge on any atom is -0.394 e. The summed E-state index contributed by atoms with van der Waals surface area (Å²) in [4.78, 5) is 5.03. The van der Waals surface area contributed by atoms with Crippen molar-refractivity contribution in [3.05, 3.63) is 0 Å². The summed E-state index contributed by atoms with van der Waals surface area (Å²) in [5.74, 6) is 0. The Kier molecular flexibility index (Phi) is 5.46. The van der Waals surface area contributed by atoms with Crippen LogP contribution in [0, 0.1) is 0 Å². The van der Waals surface area contributed by atoms with Gasteiger partial charge < -0.3 is 15.3 Å². The van der Waals surface area contributed by atoms with E-state index in [1.807, 2.05) is 0 Å². The van der Waals surface area contributed by atoms with Crippen molar-refractivity contribution in [2.75, 3.05) is 33.8 Å². The smallest absolute Gasteiger partial charge is 0.0614 e. The van der Waals surface area contributed by atoms with E-state index in [1.54, 1.807) is 0 Å². The van der Waals surface area contributed by atoms with Crippen LogP contribution in [-0.4, -0.2) is 72.4 Å². The largest absolute Gasteiger partial charge is 0.394 e. The van der Waals surface area contributed by atoms with Crippen LogP contribution in [0.5, 0.6) is 0 Å². The number of nitrogens with zero attached hydrogens (tertiary/aromatic N) is 2. The lowest BCUT2D eigenvalue weighted by Crippen LogP contribution is -2.51. The maximum absolute atomic E-state index is 9.85. The molecule has 0 amide bonds. The van der Waals surface area contributed by atoms with Gasteiger partial charge in [0.25, 0.3) is 0 Å². The molecule has 0 aromatic heterocycles. The molecule has 0 aromatic carbocycles. The highest BCUT2D eigenvalue weighted by Gasteiger charge is 2.43. The molecule has 3 atom stereocenters. The van der Waals surface area contributed by atoms with Crippen LogP contribution in [0.4, 0.5) is 0 Å². The molecule has 3 unspecified atom stereocenters. The van der Waals surface area contributed by atoms with Crippen LogP contribution in [0.2, 0.25) is 0 Å². The van der Waals surface area contributed by atoms with Crippen molar-refractivity contribution < 1.29 is 5.11 Å². The first-order valence-corrected chi connectivity index (χ1v) is 8.25. The van der Waals surface area contributed by atoms with Crippen LogP contribution >= 0.6 is 0 Å². The van der Waals surface area contributed by atoms with Crippen LogP contribution < -0.4 is 5.32 Å². The van der Waals surface area contributed by atoms with Crippen LogP contribution in [0.1, 0.15) is 46.0 Å². The monoisotopic (exact) mass is 283 g/mol. The van der Waals surface area contributed by atoms with Crippen LogP contribution in [0.3, 0.4) is 0 Å². The standard InChI is InChI=1S/C16H33N3O/c1-13(2)17-16(12-20)8-7-14(10-16)19-9-5-6-15(19)11-18(3)4/h13-15,17,20H,5-12H2,1-4H3. The van der Waals surface area contributed by atoms with Gasteiger partial charge >= 0.3 is 0 Å². The minimum absolute atomic E-state index is 0.0376. The molecule has 2 N–H and O–H groups in total. The van der Waals surface area contributed by atoms with E-state index >= 15 is 0 Å². The average Bonchev–Trinajstić information content (AvgIpc) is 2.95. The van der Waals surface area contributed by atoms with Gasteiger partial charge in [-0.2, -0.15) is 0 Å². The molecule has 2 fully saturated rings. The van der Waals surface area contributed by atoms with E-state index < -0.39 is 0 Å². The highest BCUT2D eigenvalue weighted by Crippen LogP contribution is 2.36. The van der Waals surface area contributed by atoms with Gasteiger partial charge in [0.2, 0.25) is 0 Å². The Hall–Kier alpha value is -0.160. The maximum Gasteiger partial charge on any atom is 0.0614 e. The average molecular weight is 283 g/mol. The summed E-state index contributed by atoms with van der Waals surface area (Å²) in [6.07, 6.45) is 6.10. The molecule has 4 nitrogen and oxygen atoms in total. The Morgan fingerprint density at radius 1 is 1.35 bits per heavy atom. The molecule has 2 rings (SSSR count). The molecule has 20 heavy (non-hydrogen) atoms. The van der Waals surface area contributed by atoms with Gasteiger partial charge in [-0.3, -0.25) is 4.90 Å². The molecule has 4 heteroatoms. The number of aliphatic hydroxyl groups is 1. The van der Waals surface area contributed by atoms with E-state index in [-0.39, 0.29) is 12.1 Å². The van der Waals surface area contributed by atoms with Crippen molar-refractivity contribution in [2.24, 2.45) is 0 Å². The quantitative estimate of drug-likeness (QED) is 0.770. The van der Waals surface area contributed by atoms with E-state index in [0.29, 0.717) is 18.1 Å². The summed E-state index contributed by atoms with van der Waals surface area (Å²) in [5, 5.41) is 13.5. The van der Waals surface area contributed by atoms with Crippen molar-refractivity contribution in [3.63, 3.8) is 0 Å². The zero-order chi connectivity index (χ0) is 14.8. The third kappa shape index (κ3) is 3.73. The van der Waals surface area contributed by atoms with E-state index in [1.165, 1.54) is 32.4 Å². The van der Waals surface area contributed by atoms with Gasteiger partial charge in [-0.25, -0.2) is 0 Å². The second-order valence-corrected chi connectivity index (χ2v) is 7.43. The lowest BCUT2D eigenvalue weighted by Gasteiger charge is -2.35. The van der Waals surface area contributed by atoms with Crippen LogP contribution in [-0.2, 0) is 0 Å². The number of hydrogen-bond donors (Lipinski definition) is 2. The first kappa shape index (κ1) is 16.2. The molecule has 1 heterocycles. The SMILES string of the molecule is CC(C)NC1(CO)CCC(N2CCCC2CN(C)C)C1. The van der Waals surface area contributed by atoms with Gasteiger partial charge in [0, 0.05) is 30.2 Å². The van der Waals surface area contributed by atoms with Gasteiger partial charge in [-0.05, 0) is 52.7 Å². The van der Waals surface area contributed by atoms with Gasteiger partial charge in [0.1, 0.15) is 0 Å². The minimum atomic E-state index is -0.0376. The molecular formula is C16H33N3O. The predicted octanol–water partition coefficient (Wildman–Crippen LogP) is 1.29. The molecule has 118 valence electrons. The topological polar surface area (TPSA) is 38.7 Å². The van der Waals surface area contributed by atoms with E-state index in [2.05, 4.69) is 43.1 Å². The molecule has 0 aromatic rings. The van der Waals surface area contributed by atoms with E-state index in [9.17, 15) is 5.11 Å². The third-order valence-electron chi connectivity index (χ3n) is 4.95. The molecule has 1 saturated heterocycles. The Balaban J connectivity index is 1.97. The van der Waals surface area contributed by atoms with Gasteiger partial charge in [-0.1, -0.05) is 13.8 Å². The summed E-state index contributed by atoms with van der Waals surface area (Å²) in [7, 11) is 4.34. The number of likely N-dealkylation sites (tertiary alicyclic amines) is 1. The maximum atomic E-state index is 9.85. The van der Waals surface area contributed by atoms with E-state index in [0.717, 1.165) is 12.8 Å². The van der Waals surface area contributed by atoms with Crippen molar-refractivity contribution in [3.8, 4) is 0 Å². The van der Waals surface area contributed by atoms with Gasteiger partial charge in [0.05, 0.1) is 6.61 Å². The zero-order valence-corrected chi connectivity index (χ0v) is 13.7. The highest BCUT2D eigenvalue weighted by atomic mass is 16.3. The Bertz CT molecular complexity index is 308. The zero-order valence-electron chi connectivity index (χ0n) is 13.7. The lowest BCUT2D eigenvalue weighted by atomic mass is 9.97. The van der Waals surface area contributed by atoms with Crippen molar-refractivity contribution in [2.45, 2.75) is 69.6 Å². The molecule has 1 aliphatic heterocycles. The van der Waals surface area contributed by atoms with E-state index in [4.69, 9.17) is 0 Å². The molecule has 0 spiro atoms. The third-order valence-corrected chi connectivity index (χ3v) is 4.95. The fourth-order valence-electron chi connectivity index (χ4n) is 4.27. The highest BCUT2D eigenvalue weighted by molar-refractivity contribution is 5.02. The Morgan fingerprint density at radius 3 is 2.70 bits per heavy atom. The van der Waals surface area contributed by atoms with Gasteiger partial charge in [-0.15, -0.1) is 0 Å². The normalized spacial score (nSPS) is 35.5. The van der Waals surface area contributed by atoms with Crippen LogP contribution in [0.15, 0.2) is 0 Å². The fraction of sp³-hybridized carbons (Fsp3) is 1.00. The molecule has 0 radical (unpaired) electrons. The van der Waals surface area contributed by atoms with Crippen molar-refractivity contribution in [1.82, 2.24) is 15.1 Å². The van der Waals surface area contributed by atoms with Crippen LogP contribution in [0.25, 0.3) is 0 Å². The second-order valence-electron chi connectivity index (χ2n) is 7.43. The molecule has 1 saturated carbocycles. The summed E-state index contributed by atoms with van der Waals surface area (Å²) in [5.41, 5.74) is -0.0376. The summed E-state index contributed by atoms with van der Waals surface area (Å²) >= 11 is 0.